The molecule has 0 bridgehead atoms. The number of amides is 1. The minimum Gasteiger partial charge on any atom is -0.333 e. The molecule has 3 rings (SSSR count). The van der Waals surface area contributed by atoms with Crippen molar-refractivity contribution < 1.29 is 18.0 Å². The highest BCUT2D eigenvalue weighted by Crippen LogP contribution is 2.37. The first-order chi connectivity index (χ1) is 11.8. The first-order valence-corrected chi connectivity index (χ1v) is 7.85. The standard InChI is InChI=1S/C16H14ClF3N4O/c1-23-9-14(21-22-23)15(25)24-6-4-10(5-7-24)11-2-3-13(17)12(8-11)16(18,19)20/h2-4,8-9H,5-7H2,1H3. The Labute approximate surface area is 146 Å². The van der Waals surface area contributed by atoms with Gasteiger partial charge in [-0.15, -0.1) is 5.10 Å². The van der Waals surface area contributed by atoms with Crippen LogP contribution >= 0.6 is 11.6 Å². The number of hydrogen-bond acceptors (Lipinski definition) is 3. The molecule has 1 aromatic carbocycles. The summed E-state index contributed by atoms with van der Waals surface area (Å²) in [6.45, 7) is 0.694. The Hall–Kier alpha value is -2.35. The van der Waals surface area contributed by atoms with Crippen LogP contribution in [0.15, 0.2) is 30.5 Å². The molecule has 0 saturated carbocycles. The third kappa shape index (κ3) is 3.68. The van der Waals surface area contributed by atoms with Crippen molar-refractivity contribution in [3.8, 4) is 0 Å². The van der Waals surface area contributed by atoms with E-state index < -0.39 is 11.7 Å². The summed E-state index contributed by atoms with van der Waals surface area (Å²) in [6, 6.07) is 3.86. The molecule has 132 valence electrons. The fourth-order valence-corrected chi connectivity index (χ4v) is 2.89. The molecule has 5 nitrogen and oxygen atoms in total. The third-order valence-corrected chi connectivity index (χ3v) is 4.29. The van der Waals surface area contributed by atoms with Gasteiger partial charge in [0.15, 0.2) is 5.69 Å². The number of halogens is 4. The summed E-state index contributed by atoms with van der Waals surface area (Å²) in [7, 11) is 1.66. The maximum atomic E-state index is 13.0. The van der Waals surface area contributed by atoms with E-state index in [1.807, 2.05) is 0 Å². The zero-order chi connectivity index (χ0) is 18.2. The molecule has 2 aromatic rings. The van der Waals surface area contributed by atoms with Crippen LogP contribution in [0.25, 0.3) is 5.57 Å². The summed E-state index contributed by atoms with van der Waals surface area (Å²) in [5.74, 6) is -0.254. The number of nitrogens with zero attached hydrogens (tertiary/aromatic N) is 4. The smallest absolute Gasteiger partial charge is 0.333 e. The van der Waals surface area contributed by atoms with E-state index >= 15 is 0 Å². The normalized spacial score (nSPS) is 15.2. The van der Waals surface area contributed by atoms with E-state index in [9.17, 15) is 18.0 Å². The SMILES string of the molecule is Cn1cc(C(=O)N2CC=C(c3ccc(Cl)c(C(F)(F)F)c3)CC2)nn1. The minimum absolute atomic E-state index is 0.241. The van der Waals surface area contributed by atoms with Gasteiger partial charge in [0.1, 0.15) is 0 Å². The van der Waals surface area contributed by atoms with Crippen LogP contribution < -0.4 is 0 Å². The highest BCUT2D eigenvalue weighted by molar-refractivity contribution is 6.31. The molecule has 1 aromatic heterocycles. The number of carbonyl (C=O) groups excluding carboxylic acids is 1. The molecule has 1 amide bonds. The van der Waals surface area contributed by atoms with E-state index in [-0.39, 0.29) is 16.6 Å². The van der Waals surface area contributed by atoms with Crippen molar-refractivity contribution in [3.63, 3.8) is 0 Å². The van der Waals surface area contributed by atoms with Crippen LogP contribution in [0, 0.1) is 0 Å². The Balaban J connectivity index is 1.78. The molecule has 0 fully saturated rings. The topological polar surface area (TPSA) is 51.0 Å². The summed E-state index contributed by atoms with van der Waals surface area (Å²) in [5.41, 5.74) is 0.601. The summed E-state index contributed by atoms with van der Waals surface area (Å²) in [4.78, 5) is 13.9. The fourth-order valence-electron chi connectivity index (χ4n) is 2.67. The van der Waals surface area contributed by atoms with Gasteiger partial charge in [-0.1, -0.05) is 29.0 Å². The van der Waals surface area contributed by atoms with Crippen LogP contribution in [0.1, 0.15) is 28.0 Å². The second-order valence-corrected chi connectivity index (χ2v) is 6.11. The molecular weight excluding hydrogens is 357 g/mol. The molecule has 1 aliphatic heterocycles. The molecule has 2 heterocycles. The maximum Gasteiger partial charge on any atom is 0.417 e. The lowest BCUT2D eigenvalue weighted by Crippen LogP contribution is -2.34. The number of benzene rings is 1. The van der Waals surface area contributed by atoms with Crippen molar-refractivity contribution in [2.75, 3.05) is 13.1 Å². The second-order valence-electron chi connectivity index (χ2n) is 5.70. The lowest BCUT2D eigenvalue weighted by Gasteiger charge is -2.26. The quantitative estimate of drug-likeness (QED) is 0.814. The zero-order valence-corrected chi connectivity index (χ0v) is 14.0. The van der Waals surface area contributed by atoms with E-state index in [0.29, 0.717) is 25.1 Å². The van der Waals surface area contributed by atoms with Gasteiger partial charge < -0.3 is 4.90 Å². The van der Waals surface area contributed by atoms with Crippen molar-refractivity contribution in [3.05, 3.63) is 52.3 Å². The van der Waals surface area contributed by atoms with E-state index in [4.69, 9.17) is 11.6 Å². The number of carbonyl (C=O) groups is 1. The highest BCUT2D eigenvalue weighted by Gasteiger charge is 2.33. The van der Waals surface area contributed by atoms with Gasteiger partial charge in [-0.05, 0) is 29.7 Å². The number of alkyl halides is 3. The van der Waals surface area contributed by atoms with Gasteiger partial charge in [0.25, 0.3) is 5.91 Å². The first-order valence-electron chi connectivity index (χ1n) is 7.47. The summed E-state index contributed by atoms with van der Waals surface area (Å²) in [6.07, 6.45) is -0.779. The van der Waals surface area contributed by atoms with Crippen molar-refractivity contribution >= 4 is 23.1 Å². The van der Waals surface area contributed by atoms with E-state index in [1.54, 1.807) is 24.1 Å². The largest absolute Gasteiger partial charge is 0.417 e. The summed E-state index contributed by atoms with van der Waals surface area (Å²) >= 11 is 5.65. The van der Waals surface area contributed by atoms with Crippen LogP contribution in [0.3, 0.4) is 0 Å². The van der Waals surface area contributed by atoms with E-state index in [0.717, 1.165) is 11.6 Å². The molecule has 0 spiro atoms. The Morgan fingerprint density at radius 3 is 2.64 bits per heavy atom. The number of rotatable bonds is 2. The maximum absolute atomic E-state index is 13.0. The van der Waals surface area contributed by atoms with Gasteiger partial charge in [-0.3, -0.25) is 9.48 Å². The monoisotopic (exact) mass is 370 g/mol. The molecule has 1 aliphatic rings. The van der Waals surface area contributed by atoms with Gasteiger partial charge in [0.05, 0.1) is 16.8 Å². The molecule has 0 aliphatic carbocycles. The number of aromatic nitrogens is 3. The molecule has 0 radical (unpaired) electrons. The Bertz CT molecular complexity index is 844. The van der Waals surface area contributed by atoms with Crippen LogP contribution in [-0.4, -0.2) is 38.9 Å². The average molecular weight is 371 g/mol. The molecule has 25 heavy (non-hydrogen) atoms. The third-order valence-electron chi connectivity index (χ3n) is 3.96. The second kappa shape index (κ2) is 6.51. The van der Waals surface area contributed by atoms with Gasteiger partial charge in [-0.25, -0.2) is 0 Å². The Morgan fingerprint density at radius 2 is 2.08 bits per heavy atom. The van der Waals surface area contributed by atoms with E-state index in [2.05, 4.69) is 10.3 Å². The van der Waals surface area contributed by atoms with Crippen LogP contribution in [0.5, 0.6) is 0 Å². The first kappa shape index (κ1) is 17.5. The minimum atomic E-state index is -4.50. The predicted octanol–water partition coefficient (Wildman–Crippen LogP) is 3.42. The molecule has 0 unspecified atom stereocenters. The lowest BCUT2D eigenvalue weighted by molar-refractivity contribution is -0.137. The molecule has 0 saturated heterocycles. The number of hydrogen-bond donors (Lipinski definition) is 0. The lowest BCUT2D eigenvalue weighted by atomic mass is 9.97. The van der Waals surface area contributed by atoms with Crippen LogP contribution in [0.2, 0.25) is 5.02 Å². The van der Waals surface area contributed by atoms with Crippen molar-refractivity contribution in [1.29, 1.82) is 0 Å². The van der Waals surface area contributed by atoms with Crippen molar-refractivity contribution in [2.45, 2.75) is 12.6 Å². The van der Waals surface area contributed by atoms with Gasteiger partial charge in [0.2, 0.25) is 0 Å². The Morgan fingerprint density at radius 1 is 1.32 bits per heavy atom. The summed E-state index contributed by atoms with van der Waals surface area (Å²) < 4.78 is 40.4. The molecule has 0 N–H and O–H groups in total. The van der Waals surface area contributed by atoms with Crippen LogP contribution in [-0.2, 0) is 13.2 Å². The highest BCUT2D eigenvalue weighted by atomic mass is 35.5. The average Bonchev–Trinajstić information content (AvgIpc) is 3.00. The Kier molecular flexibility index (Phi) is 4.55. The molecule has 9 heteroatoms. The molecular formula is C16H14ClF3N4O. The van der Waals surface area contributed by atoms with Gasteiger partial charge in [-0.2, -0.15) is 13.2 Å². The van der Waals surface area contributed by atoms with E-state index in [1.165, 1.54) is 16.9 Å². The predicted molar refractivity (Wildman–Crippen MR) is 86.0 cm³/mol. The summed E-state index contributed by atoms with van der Waals surface area (Å²) in [5, 5.41) is 7.17. The van der Waals surface area contributed by atoms with Gasteiger partial charge >= 0.3 is 6.18 Å². The molecule has 0 atom stereocenters. The number of aryl methyl sites for hydroxylation is 1. The van der Waals surface area contributed by atoms with Crippen molar-refractivity contribution in [1.82, 2.24) is 19.9 Å². The zero-order valence-electron chi connectivity index (χ0n) is 13.2. The van der Waals surface area contributed by atoms with Crippen LogP contribution in [0.4, 0.5) is 13.2 Å². The van der Waals surface area contributed by atoms with Gasteiger partial charge in [0, 0.05) is 20.1 Å². The van der Waals surface area contributed by atoms with Crippen molar-refractivity contribution in [2.24, 2.45) is 7.05 Å². The fraction of sp³-hybridized carbons (Fsp3) is 0.312.